The van der Waals surface area contributed by atoms with Crippen molar-refractivity contribution in [1.29, 1.82) is 0 Å². The van der Waals surface area contributed by atoms with Crippen LogP contribution in [0.15, 0.2) is 0 Å². The molecule has 0 saturated heterocycles. The number of hydrogen-bond donors (Lipinski definition) is 1. The van der Waals surface area contributed by atoms with E-state index in [0.29, 0.717) is 43.7 Å². The van der Waals surface area contributed by atoms with Crippen LogP contribution in [0, 0.1) is 11.8 Å². The fourth-order valence-corrected chi connectivity index (χ4v) is 8.18. The monoisotopic (exact) mass is 673 g/mol. The fraction of sp³-hybridized carbons (Fsp3) is 1.00. The van der Waals surface area contributed by atoms with Crippen molar-refractivity contribution in [3.8, 4) is 0 Å². The quantitative estimate of drug-likeness (QED) is 0.0530. The normalized spacial score (nSPS) is 14.8. The molecule has 0 bridgehead atoms. The van der Waals surface area contributed by atoms with Gasteiger partial charge in [-0.25, -0.2) is 9.65 Å². The Morgan fingerprint density at radius 2 is 0.804 bits per heavy atom. The zero-order chi connectivity index (χ0) is 34.3. The van der Waals surface area contributed by atoms with Gasteiger partial charge in [-0.3, -0.25) is 13.9 Å². The zero-order valence-electron chi connectivity index (χ0n) is 32.7. The first kappa shape index (κ1) is 46.1. The van der Waals surface area contributed by atoms with Crippen molar-refractivity contribution in [2.75, 3.05) is 26.3 Å². The first-order valence-corrected chi connectivity index (χ1v) is 22.2. The lowest BCUT2D eigenvalue weighted by atomic mass is 9.95. The van der Waals surface area contributed by atoms with Gasteiger partial charge < -0.3 is 0 Å². The Morgan fingerprint density at radius 1 is 0.500 bits per heavy atom. The van der Waals surface area contributed by atoms with Gasteiger partial charge >= 0.3 is 7.75 Å². The lowest BCUT2D eigenvalue weighted by Crippen LogP contribution is -2.41. The second kappa shape index (κ2) is 32.3. The maximum Gasteiger partial charge on any atom is 0.405 e. The summed E-state index contributed by atoms with van der Waals surface area (Å²) in [6, 6.07) is 0.885. The third-order valence-corrected chi connectivity index (χ3v) is 11.4. The van der Waals surface area contributed by atoms with E-state index in [9.17, 15) is 4.57 Å². The maximum absolute atomic E-state index is 14.4. The van der Waals surface area contributed by atoms with Crippen LogP contribution in [-0.4, -0.2) is 43.3 Å². The number of rotatable bonds is 36. The molecular formula is C40H85N2O3P. The molecule has 0 spiro atoms. The van der Waals surface area contributed by atoms with Crippen LogP contribution >= 0.6 is 7.75 Å². The SMILES string of the molecule is CCCCCCCCC(CCCCCC)COP(=O)(NCCN(C(C)C)C(C)C)OCC(CCCCCC)CCCCCCCC. The summed E-state index contributed by atoms with van der Waals surface area (Å²) in [5, 5.41) is 3.35. The van der Waals surface area contributed by atoms with Crippen LogP contribution in [0.5, 0.6) is 0 Å². The van der Waals surface area contributed by atoms with Crippen molar-refractivity contribution in [2.24, 2.45) is 11.8 Å². The summed E-state index contributed by atoms with van der Waals surface area (Å²) in [5.74, 6) is 0.912. The van der Waals surface area contributed by atoms with E-state index < -0.39 is 7.75 Å². The summed E-state index contributed by atoms with van der Waals surface area (Å²) >= 11 is 0. The van der Waals surface area contributed by atoms with Crippen molar-refractivity contribution < 1.29 is 13.6 Å². The molecule has 2 unspecified atom stereocenters. The number of nitrogens with zero attached hydrogens (tertiary/aromatic N) is 1. The average Bonchev–Trinajstić information content (AvgIpc) is 3.03. The van der Waals surface area contributed by atoms with Crippen molar-refractivity contribution in [3.05, 3.63) is 0 Å². The summed E-state index contributed by atoms with van der Waals surface area (Å²) in [4.78, 5) is 2.45. The average molecular weight is 673 g/mol. The van der Waals surface area contributed by atoms with E-state index in [-0.39, 0.29) is 0 Å². The topological polar surface area (TPSA) is 50.8 Å². The van der Waals surface area contributed by atoms with Crippen LogP contribution in [0.2, 0.25) is 0 Å². The van der Waals surface area contributed by atoms with Gasteiger partial charge in [-0.05, 0) is 65.2 Å². The van der Waals surface area contributed by atoms with Gasteiger partial charge in [0, 0.05) is 25.2 Å². The Hall–Kier alpha value is 0.0700. The summed E-state index contributed by atoms with van der Waals surface area (Å²) in [7, 11) is -3.42. The van der Waals surface area contributed by atoms with Crippen molar-refractivity contribution in [2.45, 2.75) is 222 Å². The van der Waals surface area contributed by atoms with E-state index >= 15 is 0 Å². The molecule has 0 aliphatic heterocycles. The van der Waals surface area contributed by atoms with E-state index in [1.165, 1.54) is 154 Å². The van der Waals surface area contributed by atoms with Crippen LogP contribution < -0.4 is 5.09 Å². The largest absolute Gasteiger partial charge is 0.405 e. The summed E-state index contributed by atoms with van der Waals surface area (Å²) in [6.07, 6.45) is 30.6. The summed E-state index contributed by atoms with van der Waals surface area (Å²) in [6.45, 7) is 20.6. The molecule has 0 amide bonds. The second-order valence-electron chi connectivity index (χ2n) is 15.0. The molecule has 0 aromatic heterocycles. The van der Waals surface area contributed by atoms with Gasteiger partial charge in [-0.1, -0.05) is 156 Å². The number of unbranched alkanes of at least 4 members (excludes halogenated alkanes) is 16. The van der Waals surface area contributed by atoms with Crippen LogP contribution in [0.1, 0.15) is 209 Å². The van der Waals surface area contributed by atoms with E-state index in [1.54, 1.807) is 0 Å². The highest BCUT2D eigenvalue weighted by Crippen LogP contribution is 2.45. The standard InChI is InChI=1S/C40H85N2O3P/c1-9-13-17-21-23-27-31-39(29-25-19-15-11-3)35-44-46(43,41-33-34-42(37(5)6)38(7)8)45-36-40(30-26-20-16-12-4)32-28-24-22-18-14-10-2/h37-40H,9-36H2,1-8H3,(H,41,43). The molecule has 5 nitrogen and oxygen atoms in total. The van der Waals surface area contributed by atoms with Gasteiger partial charge in [0.25, 0.3) is 0 Å². The molecule has 0 aromatic carbocycles. The van der Waals surface area contributed by atoms with Crippen molar-refractivity contribution in [3.63, 3.8) is 0 Å². The minimum absolute atomic E-state index is 0.442. The lowest BCUT2D eigenvalue weighted by Gasteiger charge is -2.31. The Bertz CT molecular complexity index is 627. The van der Waals surface area contributed by atoms with Crippen LogP contribution in [0.4, 0.5) is 0 Å². The van der Waals surface area contributed by atoms with Gasteiger partial charge in [0.05, 0.1) is 13.2 Å². The number of nitrogens with one attached hydrogen (secondary N) is 1. The minimum Gasteiger partial charge on any atom is -0.297 e. The molecule has 2 atom stereocenters. The highest BCUT2D eigenvalue weighted by molar-refractivity contribution is 7.51. The number of hydrogen-bond acceptors (Lipinski definition) is 4. The fourth-order valence-electron chi connectivity index (χ4n) is 6.73. The van der Waals surface area contributed by atoms with E-state index in [1.807, 2.05) is 0 Å². The van der Waals surface area contributed by atoms with Gasteiger partial charge in [-0.2, -0.15) is 0 Å². The highest BCUT2D eigenvalue weighted by Gasteiger charge is 2.28. The predicted octanol–water partition coefficient (Wildman–Crippen LogP) is 13.5. The van der Waals surface area contributed by atoms with E-state index in [2.05, 4.69) is 65.4 Å². The molecule has 6 heteroatoms. The molecule has 0 fully saturated rings. The van der Waals surface area contributed by atoms with Gasteiger partial charge in [0.1, 0.15) is 0 Å². The van der Waals surface area contributed by atoms with Gasteiger partial charge in [-0.15, -0.1) is 0 Å². The van der Waals surface area contributed by atoms with E-state index in [4.69, 9.17) is 9.05 Å². The zero-order valence-corrected chi connectivity index (χ0v) is 33.6. The Morgan fingerprint density at radius 3 is 1.13 bits per heavy atom. The van der Waals surface area contributed by atoms with Crippen LogP contribution in [0.25, 0.3) is 0 Å². The summed E-state index contributed by atoms with van der Waals surface area (Å²) < 4.78 is 27.2. The Kier molecular flexibility index (Phi) is 32.3. The predicted molar refractivity (Wildman–Crippen MR) is 205 cm³/mol. The molecule has 0 rings (SSSR count). The second-order valence-corrected chi connectivity index (χ2v) is 16.8. The highest BCUT2D eigenvalue weighted by atomic mass is 31.2. The smallest absolute Gasteiger partial charge is 0.297 e. The first-order valence-electron chi connectivity index (χ1n) is 20.6. The summed E-state index contributed by atoms with van der Waals surface area (Å²) in [5.41, 5.74) is 0. The van der Waals surface area contributed by atoms with Crippen molar-refractivity contribution >= 4 is 7.75 Å². The lowest BCUT2D eigenvalue weighted by molar-refractivity contribution is 0.136. The van der Waals surface area contributed by atoms with Gasteiger partial charge in [0.15, 0.2) is 0 Å². The molecule has 1 N–H and O–H groups in total. The molecule has 0 heterocycles. The molecule has 0 aliphatic rings. The van der Waals surface area contributed by atoms with Gasteiger partial charge in [0.2, 0.25) is 0 Å². The minimum atomic E-state index is -3.42. The van der Waals surface area contributed by atoms with Crippen LogP contribution in [0.3, 0.4) is 0 Å². The maximum atomic E-state index is 14.4. The third kappa shape index (κ3) is 27.0. The molecule has 0 aromatic rings. The Balaban J connectivity index is 5.48. The molecule has 0 radical (unpaired) electrons. The first-order chi connectivity index (χ1) is 22.2. The molecule has 278 valence electrons. The molecular weight excluding hydrogens is 587 g/mol. The van der Waals surface area contributed by atoms with Crippen LogP contribution in [-0.2, 0) is 13.6 Å². The van der Waals surface area contributed by atoms with E-state index in [0.717, 1.165) is 6.54 Å². The molecule has 0 aliphatic carbocycles. The van der Waals surface area contributed by atoms with Crippen molar-refractivity contribution in [1.82, 2.24) is 9.99 Å². The molecule has 46 heavy (non-hydrogen) atoms. The Labute approximate surface area is 290 Å². The third-order valence-electron chi connectivity index (χ3n) is 9.83. The molecule has 0 saturated carbocycles.